The zero-order valence-electron chi connectivity index (χ0n) is 18.3. The van der Waals surface area contributed by atoms with Gasteiger partial charge in [0.15, 0.2) is 11.4 Å². The van der Waals surface area contributed by atoms with E-state index >= 15 is 0 Å². The topological polar surface area (TPSA) is 134 Å². The van der Waals surface area contributed by atoms with Gasteiger partial charge in [0.2, 0.25) is 11.8 Å². The lowest BCUT2D eigenvalue weighted by atomic mass is 10.0. The molecule has 170 valence electrons. The molecule has 2 fully saturated rings. The van der Waals surface area contributed by atoms with Gasteiger partial charge in [-0.15, -0.1) is 0 Å². The molecule has 1 saturated heterocycles. The molecule has 1 aliphatic carbocycles. The number of ketones is 1. The van der Waals surface area contributed by atoms with Crippen LogP contribution in [0.5, 0.6) is 0 Å². The molecular weight excluding hydrogens is 414 g/mol. The number of carboxylic acid groups (broad SMARTS) is 1. The fourth-order valence-electron chi connectivity index (χ4n) is 4.60. The highest BCUT2D eigenvalue weighted by molar-refractivity contribution is 6.04. The number of fused-ring (bicyclic) bond motifs is 2. The maximum Gasteiger partial charge on any atom is 0.326 e. The summed E-state index contributed by atoms with van der Waals surface area (Å²) in [5.74, 6) is -1.69. The van der Waals surface area contributed by atoms with Crippen molar-refractivity contribution in [2.45, 2.75) is 64.7 Å². The zero-order valence-corrected chi connectivity index (χ0v) is 18.3. The lowest BCUT2D eigenvalue weighted by molar-refractivity contribution is -0.145. The number of aliphatic carboxylic acids is 1. The molecule has 10 nitrogen and oxygen atoms in total. The quantitative estimate of drug-likeness (QED) is 0.589. The summed E-state index contributed by atoms with van der Waals surface area (Å²) in [5.41, 5.74) is 0.681. The molecule has 4 rings (SSSR count). The first-order valence-corrected chi connectivity index (χ1v) is 10.8. The van der Waals surface area contributed by atoms with Gasteiger partial charge in [-0.3, -0.25) is 14.4 Å². The van der Waals surface area contributed by atoms with Gasteiger partial charge in [-0.1, -0.05) is 13.8 Å². The molecule has 0 unspecified atom stereocenters. The van der Waals surface area contributed by atoms with Gasteiger partial charge in [-0.05, 0) is 43.2 Å². The van der Waals surface area contributed by atoms with Crippen molar-refractivity contribution >= 4 is 34.6 Å². The highest BCUT2D eigenvalue weighted by Crippen LogP contribution is 2.48. The van der Waals surface area contributed by atoms with E-state index in [9.17, 15) is 24.3 Å². The molecule has 0 bridgehead atoms. The predicted octanol–water partition coefficient (Wildman–Crippen LogP) is 1.24. The second-order valence-corrected chi connectivity index (χ2v) is 9.08. The number of piperidine rings is 1. The van der Waals surface area contributed by atoms with Crippen molar-refractivity contribution in [2.75, 3.05) is 0 Å². The Morgan fingerprint density at radius 2 is 2.00 bits per heavy atom. The van der Waals surface area contributed by atoms with Crippen molar-refractivity contribution in [3.05, 3.63) is 24.0 Å². The van der Waals surface area contributed by atoms with Crippen molar-refractivity contribution < 1.29 is 24.3 Å². The summed E-state index contributed by atoms with van der Waals surface area (Å²) >= 11 is 0. The summed E-state index contributed by atoms with van der Waals surface area (Å²) < 4.78 is 1.40. The lowest BCUT2D eigenvalue weighted by Gasteiger charge is -2.28. The second-order valence-electron chi connectivity index (χ2n) is 9.08. The van der Waals surface area contributed by atoms with Crippen molar-refractivity contribution in [2.24, 2.45) is 11.8 Å². The summed E-state index contributed by atoms with van der Waals surface area (Å²) in [6, 6.07) is 1.72. The number of Topliss-reactive ketones (excluding diaryl/α,β-unsaturated/α-hetero) is 1. The SMILES string of the molecule is CC(=O)c1nn(CC(=O)N2[C@@H]3C[C@@H]3C[C@H]2C(=O)N[C@@H](CC(C)C)C(=O)O)c2ncccc12. The van der Waals surface area contributed by atoms with Crippen LogP contribution >= 0.6 is 0 Å². The smallest absolute Gasteiger partial charge is 0.326 e. The van der Waals surface area contributed by atoms with E-state index in [-0.39, 0.29) is 41.8 Å². The number of amides is 2. The van der Waals surface area contributed by atoms with E-state index in [4.69, 9.17) is 0 Å². The second kappa shape index (κ2) is 8.33. The molecule has 0 radical (unpaired) electrons. The maximum atomic E-state index is 13.2. The summed E-state index contributed by atoms with van der Waals surface area (Å²) in [5, 5.41) is 16.9. The molecule has 1 aliphatic heterocycles. The van der Waals surface area contributed by atoms with Crippen LogP contribution in [0.15, 0.2) is 18.3 Å². The van der Waals surface area contributed by atoms with Gasteiger partial charge in [-0.2, -0.15) is 5.10 Å². The van der Waals surface area contributed by atoms with Crippen molar-refractivity contribution in [1.29, 1.82) is 0 Å². The third kappa shape index (κ3) is 4.09. The van der Waals surface area contributed by atoms with E-state index < -0.39 is 24.0 Å². The highest BCUT2D eigenvalue weighted by atomic mass is 16.4. The summed E-state index contributed by atoms with van der Waals surface area (Å²) in [7, 11) is 0. The standard InChI is InChI=1S/C22H27N5O5/c1-11(2)7-15(22(31)32)24-21(30)17-9-13-8-16(13)27(17)18(29)10-26-20-14(5-4-6-23-20)19(25-26)12(3)28/h4-6,11,13,15-17H,7-10H2,1-3H3,(H,24,30)(H,31,32)/t13-,15+,16-,17+/m1/s1. The Labute approximate surface area is 185 Å². The van der Waals surface area contributed by atoms with Crippen molar-refractivity contribution in [3.8, 4) is 0 Å². The minimum Gasteiger partial charge on any atom is -0.480 e. The summed E-state index contributed by atoms with van der Waals surface area (Å²) in [6.07, 6.45) is 3.24. The van der Waals surface area contributed by atoms with E-state index in [1.54, 1.807) is 23.2 Å². The van der Waals surface area contributed by atoms with Crippen LogP contribution in [0.2, 0.25) is 0 Å². The molecule has 32 heavy (non-hydrogen) atoms. The van der Waals surface area contributed by atoms with Gasteiger partial charge >= 0.3 is 5.97 Å². The third-order valence-electron chi connectivity index (χ3n) is 6.14. The number of hydrogen-bond donors (Lipinski definition) is 2. The Morgan fingerprint density at radius 3 is 2.66 bits per heavy atom. The highest BCUT2D eigenvalue weighted by Gasteiger charge is 2.56. The van der Waals surface area contributed by atoms with Gasteiger partial charge < -0.3 is 15.3 Å². The van der Waals surface area contributed by atoms with Crippen LogP contribution in [0.3, 0.4) is 0 Å². The molecule has 2 aromatic heterocycles. The fraction of sp³-hybridized carbons (Fsp3) is 0.545. The van der Waals surface area contributed by atoms with E-state index in [1.807, 2.05) is 13.8 Å². The third-order valence-corrected chi connectivity index (χ3v) is 6.14. The average molecular weight is 441 g/mol. The number of nitrogens with one attached hydrogen (secondary N) is 1. The Morgan fingerprint density at radius 1 is 1.25 bits per heavy atom. The Kier molecular flexibility index (Phi) is 5.70. The van der Waals surface area contributed by atoms with Crippen LogP contribution in [0.25, 0.3) is 11.0 Å². The molecule has 2 amide bonds. The van der Waals surface area contributed by atoms with Gasteiger partial charge in [0.1, 0.15) is 24.3 Å². The molecule has 2 N–H and O–H groups in total. The Bertz CT molecular complexity index is 1090. The number of rotatable bonds is 8. The normalized spacial score (nSPS) is 22.6. The molecule has 0 aromatic carbocycles. The average Bonchev–Trinajstić information content (AvgIpc) is 3.23. The Balaban J connectivity index is 1.53. The molecule has 4 atom stereocenters. The number of carboxylic acids is 1. The van der Waals surface area contributed by atoms with E-state index in [1.165, 1.54) is 11.6 Å². The van der Waals surface area contributed by atoms with Crippen LogP contribution in [0.4, 0.5) is 0 Å². The molecule has 10 heteroatoms. The van der Waals surface area contributed by atoms with Gasteiger partial charge in [0.25, 0.3) is 0 Å². The van der Waals surface area contributed by atoms with E-state index in [0.29, 0.717) is 23.9 Å². The zero-order chi connectivity index (χ0) is 23.2. The number of carbonyl (C=O) groups is 4. The number of pyridine rings is 1. The molecule has 3 heterocycles. The Hall–Kier alpha value is -3.30. The lowest BCUT2D eigenvalue weighted by Crippen LogP contribution is -2.53. The fourth-order valence-corrected chi connectivity index (χ4v) is 4.60. The summed E-state index contributed by atoms with van der Waals surface area (Å²) in [6.45, 7) is 5.04. The predicted molar refractivity (Wildman–Crippen MR) is 114 cm³/mol. The monoisotopic (exact) mass is 441 g/mol. The van der Waals surface area contributed by atoms with E-state index in [2.05, 4.69) is 15.4 Å². The van der Waals surface area contributed by atoms with Crippen LogP contribution < -0.4 is 5.32 Å². The van der Waals surface area contributed by atoms with Crippen molar-refractivity contribution in [3.63, 3.8) is 0 Å². The number of nitrogens with zero attached hydrogens (tertiary/aromatic N) is 4. The van der Waals surface area contributed by atoms with Crippen molar-refractivity contribution in [1.82, 2.24) is 25.0 Å². The van der Waals surface area contributed by atoms with E-state index in [0.717, 1.165) is 6.42 Å². The van der Waals surface area contributed by atoms with Gasteiger partial charge in [-0.25, -0.2) is 14.5 Å². The molecule has 2 aliphatic rings. The van der Waals surface area contributed by atoms with Crippen LogP contribution in [0, 0.1) is 11.8 Å². The molecule has 1 saturated carbocycles. The largest absolute Gasteiger partial charge is 0.480 e. The minimum atomic E-state index is -1.08. The first-order valence-electron chi connectivity index (χ1n) is 10.8. The van der Waals surface area contributed by atoms with Gasteiger partial charge in [0, 0.05) is 19.2 Å². The number of hydrogen-bond acceptors (Lipinski definition) is 6. The first-order chi connectivity index (χ1) is 15.2. The van der Waals surface area contributed by atoms with Crippen LogP contribution in [0.1, 0.15) is 50.5 Å². The molecule has 0 spiro atoms. The number of likely N-dealkylation sites (tertiary alicyclic amines) is 1. The first kappa shape index (κ1) is 21.9. The minimum absolute atomic E-state index is 0.0197. The van der Waals surface area contributed by atoms with Crippen LogP contribution in [-0.4, -0.2) is 66.5 Å². The molecule has 2 aromatic rings. The molecular formula is C22H27N5O5. The van der Waals surface area contributed by atoms with Crippen LogP contribution in [-0.2, 0) is 20.9 Å². The summed E-state index contributed by atoms with van der Waals surface area (Å²) in [4.78, 5) is 55.5. The number of aromatic nitrogens is 3. The van der Waals surface area contributed by atoms with Gasteiger partial charge in [0.05, 0.1) is 5.39 Å². The maximum absolute atomic E-state index is 13.2. The number of carbonyl (C=O) groups excluding carboxylic acids is 3.